The molecule has 1 rings (SSSR count). The minimum atomic E-state index is -4.36. The quantitative estimate of drug-likeness (QED) is 0.576. The van der Waals surface area contributed by atoms with Gasteiger partial charge in [0.15, 0.2) is 0 Å². The van der Waals surface area contributed by atoms with Gasteiger partial charge in [-0.1, -0.05) is 6.07 Å². The normalized spacial score (nSPS) is 11.2. The van der Waals surface area contributed by atoms with Crippen molar-refractivity contribution < 1.29 is 22.7 Å². The van der Waals surface area contributed by atoms with Crippen LogP contribution in [0.5, 0.6) is 5.75 Å². The first-order valence-electron chi connectivity index (χ1n) is 4.78. The van der Waals surface area contributed by atoms with E-state index in [1.807, 2.05) is 0 Å². The van der Waals surface area contributed by atoms with E-state index in [2.05, 4.69) is 0 Å². The van der Waals surface area contributed by atoms with Crippen LogP contribution in [0.3, 0.4) is 0 Å². The first-order valence-corrected chi connectivity index (χ1v) is 4.78. The van der Waals surface area contributed by atoms with E-state index in [1.165, 1.54) is 12.1 Å². The first-order chi connectivity index (χ1) is 7.54. The minimum absolute atomic E-state index is 0.167. The monoisotopic (exact) mass is 232 g/mol. The number of benzene rings is 1. The smallest absolute Gasteiger partial charge is 0.416 e. The van der Waals surface area contributed by atoms with Crippen molar-refractivity contribution >= 4 is 6.29 Å². The molecular formula is C11H11F3O2. The lowest BCUT2D eigenvalue weighted by molar-refractivity contribution is -0.137. The number of aldehydes is 1. The maximum absolute atomic E-state index is 12.3. The van der Waals surface area contributed by atoms with Crippen LogP contribution in [-0.4, -0.2) is 12.9 Å². The first kappa shape index (κ1) is 12.5. The summed E-state index contributed by atoms with van der Waals surface area (Å²) in [5.41, 5.74) is -0.736. The summed E-state index contributed by atoms with van der Waals surface area (Å²) in [6.45, 7) is 0.236. The molecule has 5 heteroatoms. The number of carbonyl (C=O) groups excluding carboxylic acids is 1. The molecule has 0 aliphatic heterocycles. The maximum Gasteiger partial charge on any atom is 0.416 e. The lowest BCUT2D eigenvalue weighted by atomic mass is 10.2. The second kappa shape index (κ2) is 5.53. The van der Waals surface area contributed by atoms with Crippen LogP contribution < -0.4 is 4.74 Å². The number of unbranched alkanes of at least 4 members (excludes halogenated alkanes) is 1. The summed E-state index contributed by atoms with van der Waals surface area (Å²) in [5, 5.41) is 0. The van der Waals surface area contributed by atoms with Crippen LogP contribution in [0, 0.1) is 0 Å². The van der Waals surface area contributed by atoms with Crippen LogP contribution in [0.25, 0.3) is 0 Å². The number of hydrogen-bond donors (Lipinski definition) is 0. The molecule has 0 saturated heterocycles. The average Bonchev–Trinajstić information content (AvgIpc) is 2.24. The highest BCUT2D eigenvalue weighted by molar-refractivity contribution is 5.49. The van der Waals surface area contributed by atoms with Crippen molar-refractivity contribution in [3.63, 3.8) is 0 Å². The number of ether oxygens (including phenoxy) is 1. The van der Waals surface area contributed by atoms with Crippen molar-refractivity contribution in [3.8, 4) is 5.75 Å². The molecule has 0 aliphatic rings. The molecule has 0 fully saturated rings. The fourth-order valence-corrected chi connectivity index (χ4v) is 1.12. The summed E-state index contributed by atoms with van der Waals surface area (Å²) in [4.78, 5) is 10.00. The van der Waals surface area contributed by atoms with Crippen LogP contribution in [-0.2, 0) is 11.0 Å². The lowest BCUT2D eigenvalue weighted by Crippen LogP contribution is -2.05. The van der Waals surface area contributed by atoms with Crippen LogP contribution in [0.2, 0.25) is 0 Å². The predicted molar refractivity (Wildman–Crippen MR) is 52.2 cm³/mol. The molecule has 1 aromatic rings. The zero-order chi connectivity index (χ0) is 12.0. The van der Waals surface area contributed by atoms with Gasteiger partial charge < -0.3 is 9.53 Å². The van der Waals surface area contributed by atoms with Crippen LogP contribution in [0.1, 0.15) is 18.4 Å². The van der Waals surface area contributed by atoms with Crippen molar-refractivity contribution in [2.45, 2.75) is 19.0 Å². The van der Waals surface area contributed by atoms with Gasteiger partial charge in [0.1, 0.15) is 12.0 Å². The maximum atomic E-state index is 12.3. The largest absolute Gasteiger partial charge is 0.494 e. The van der Waals surface area contributed by atoms with Crippen molar-refractivity contribution in [1.29, 1.82) is 0 Å². The highest BCUT2D eigenvalue weighted by atomic mass is 19.4. The van der Waals surface area contributed by atoms with E-state index >= 15 is 0 Å². The molecule has 0 N–H and O–H groups in total. The van der Waals surface area contributed by atoms with Crippen LogP contribution in [0.4, 0.5) is 13.2 Å². The zero-order valence-electron chi connectivity index (χ0n) is 8.46. The number of halogens is 3. The standard InChI is InChI=1S/C11H11F3O2/c12-11(13,14)9-4-3-5-10(8-9)16-7-2-1-6-15/h3-6,8H,1-2,7H2. The highest BCUT2D eigenvalue weighted by Gasteiger charge is 2.30. The Morgan fingerprint density at radius 3 is 2.69 bits per heavy atom. The fourth-order valence-electron chi connectivity index (χ4n) is 1.12. The van der Waals surface area contributed by atoms with Gasteiger partial charge in [0.25, 0.3) is 0 Å². The Bertz CT molecular complexity index is 347. The summed E-state index contributed by atoms with van der Waals surface area (Å²) in [6, 6.07) is 4.67. The third kappa shape index (κ3) is 3.92. The Kier molecular flexibility index (Phi) is 4.34. The zero-order valence-corrected chi connectivity index (χ0v) is 8.46. The number of carbonyl (C=O) groups is 1. The minimum Gasteiger partial charge on any atom is -0.494 e. The van der Waals surface area contributed by atoms with Gasteiger partial charge in [0.2, 0.25) is 0 Å². The van der Waals surface area contributed by atoms with Gasteiger partial charge in [-0.05, 0) is 24.6 Å². The molecule has 0 aliphatic carbocycles. The van der Waals surface area contributed by atoms with Crippen molar-refractivity contribution in [1.82, 2.24) is 0 Å². The summed E-state index contributed by atoms with van der Waals surface area (Å²) >= 11 is 0. The SMILES string of the molecule is O=CCCCOc1cccc(C(F)(F)F)c1. The molecule has 0 saturated carbocycles. The van der Waals surface area contributed by atoms with E-state index in [9.17, 15) is 18.0 Å². The molecule has 1 aromatic carbocycles. The van der Waals surface area contributed by atoms with Gasteiger partial charge in [0.05, 0.1) is 12.2 Å². The topological polar surface area (TPSA) is 26.3 Å². The molecule has 88 valence electrons. The second-order valence-electron chi connectivity index (χ2n) is 3.18. The third-order valence-electron chi connectivity index (χ3n) is 1.90. The van der Waals surface area contributed by atoms with E-state index in [0.717, 1.165) is 18.4 Å². The molecule has 0 heterocycles. The number of hydrogen-bond acceptors (Lipinski definition) is 2. The van der Waals surface area contributed by atoms with Crippen molar-refractivity contribution in [3.05, 3.63) is 29.8 Å². The molecule has 0 radical (unpaired) electrons. The summed E-state index contributed by atoms with van der Waals surface area (Å²) in [7, 11) is 0. The Balaban J connectivity index is 2.57. The highest BCUT2D eigenvalue weighted by Crippen LogP contribution is 2.31. The van der Waals surface area contributed by atoms with E-state index in [-0.39, 0.29) is 12.4 Å². The average molecular weight is 232 g/mol. The molecule has 0 atom stereocenters. The van der Waals surface area contributed by atoms with E-state index in [1.54, 1.807) is 0 Å². The van der Waals surface area contributed by atoms with E-state index in [0.29, 0.717) is 12.8 Å². The van der Waals surface area contributed by atoms with Gasteiger partial charge in [-0.15, -0.1) is 0 Å². The van der Waals surface area contributed by atoms with Crippen LogP contribution >= 0.6 is 0 Å². The van der Waals surface area contributed by atoms with Gasteiger partial charge in [-0.3, -0.25) is 0 Å². The van der Waals surface area contributed by atoms with Crippen molar-refractivity contribution in [2.75, 3.05) is 6.61 Å². The third-order valence-corrected chi connectivity index (χ3v) is 1.90. The Hall–Kier alpha value is -1.52. The van der Waals surface area contributed by atoms with E-state index in [4.69, 9.17) is 4.74 Å². The summed E-state index contributed by atoms with van der Waals surface area (Å²) in [6.07, 6.45) is -2.77. The molecule has 0 amide bonds. The van der Waals surface area contributed by atoms with Crippen LogP contribution in [0.15, 0.2) is 24.3 Å². The van der Waals surface area contributed by atoms with Gasteiger partial charge in [-0.2, -0.15) is 13.2 Å². The van der Waals surface area contributed by atoms with E-state index < -0.39 is 11.7 Å². The predicted octanol–water partition coefficient (Wildman–Crippen LogP) is 3.06. The molecular weight excluding hydrogens is 221 g/mol. The molecule has 0 aromatic heterocycles. The van der Waals surface area contributed by atoms with Crippen molar-refractivity contribution in [2.24, 2.45) is 0 Å². The number of rotatable bonds is 5. The fraction of sp³-hybridized carbons (Fsp3) is 0.364. The van der Waals surface area contributed by atoms with Gasteiger partial charge >= 0.3 is 6.18 Å². The Morgan fingerprint density at radius 1 is 1.31 bits per heavy atom. The van der Waals surface area contributed by atoms with Gasteiger partial charge in [-0.25, -0.2) is 0 Å². The summed E-state index contributed by atoms with van der Waals surface area (Å²) in [5.74, 6) is 0.167. The molecule has 16 heavy (non-hydrogen) atoms. The second-order valence-corrected chi connectivity index (χ2v) is 3.18. The van der Waals surface area contributed by atoms with Gasteiger partial charge in [0, 0.05) is 6.42 Å². The summed E-state index contributed by atoms with van der Waals surface area (Å²) < 4.78 is 42.0. The molecule has 0 unspecified atom stereocenters. The molecule has 0 bridgehead atoms. The Labute approximate surface area is 91.0 Å². The number of alkyl halides is 3. The molecule has 0 spiro atoms. The molecule has 2 nitrogen and oxygen atoms in total. The lowest BCUT2D eigenvalue weighted by Gasteiger charge is -2.09. The Morgan fingerprint density at radius 2 is 2.06 bits per heavy atom.